The summed E-state index contributed by atoms with van der Waals surface area (Å²) in [5, 5.41) is 22.6. The minimum Gasteiger partial charge on any atom is -0.462 e. The summed E-state index contributed by atoms with van der Waals surface area (Å²) in [6.45, 7) is 1.79. The molecule has 1 fully saturated rings. The summed E-state index contributed by atoms with van der Waals surface area (Å²) in [7, 11) is 0. The van der Waals surface area contributed by atoms with Crippen molar-refractivity contribution >= 4 is 28.9 Å². The highest BCUT2D eigenvalue weighted by molar-refractivity contribution is 5.99. The van der Waals surface area contributed by atoms with E-state index in [1.807, 2.05) is 0 Å². The van der Waals surface area contributed by atoms with Gasteiger partial charge in [0.1, 0.15) is 5.69 Å². The number of halogens is 3. The molecule has 0 aliphatic carbocycles. The van der Waals surface area contributed by atoms with Crippen molar-refractivity contribution in [2.75, 3.05) is 37.7 Å². The monoisotopic (exact) mass is 496 g/mol. The number of nitrogens with zero attached hydrogens (tertiary/aromatic N) is 4. The van der Waals surface area contributed by atoms with Crippen molar-refractivity contribution in [3.63, 3.8) is 0 Å². The molecule has 14 heteroatoms. The van der Waals surface area contributed by atoms with Gasteiger partial charge in [0.15, 0.2) is 0 Å². The molecular formula is C21H19F3N4O7. The second kappa shape index (κ2) is 9.95. The Morgan fingerprint density at radius 1 is 0.971 bits per heavy atom. The maximum Gasteiger partial charge on any atom is 0.416 e. The Balaban J connectivity index is 1.81. The highest BCUT2D eigenvalue weighted by Crippen LogP contribution is 2.37. The van der Waals surface area contributed by atoms with Gasteiger partial charge < -0.3 is 14.5 Å². The predicted molar refractivity (Wildman–Crippen MR) is 115 cm³/mol. The number of amides is 1. The lowest BCUT2D eigenvalue weighted by molar-refractivity contribution is -0.385. The number of nitro benzene ring substituents is 2. The summed E-state index contributed by atoms with van der Waals surface area (Å²) in [5.74, 6) is -1.44. The van der Waals surface area contributed by atoms with E-state index in [1.54, 1.807) is 6.92 Å². The first kappa shape index (κ1) is 25.4. The van der Waals surface area contributed by atoms with E-state index in [1.165, 1.54) is 15.9 Å². The molecule has 2 aromatic carbocycles. The Morgan fingerprint density at radius 3 is 2.14 bits per heavy atom. The molecule has 2 aromatic rings. The van der Waals surface area contributed by atoms with Gasteiger partial charge in [-0.3, -0.25) is 25.0 Å². The topological polar surface area (TPSA) is 136 Å². The average Bonchev–Trinajstić information content (AvgIpc) is 2.82. The summed E-state index contributed by atoms with van der Waals surface area (Å²) < 4.78 is 43.7. The summed E-state index contributed by atoms with van der Waals surface area (Å²) >= 11 is 0. The van der Waals surface area contributed by atoms with Crippen molar-refractivity contribution in [1.29, 1.82) is 0 Å². The number of nitro groups is 2. The third-order valence-electron chi connectivity index (χ3n) is 5.29. The molecule has 1 aliphatic rings. The minimum atomic E-state index is -4.74. The molecule has 11 nitrogen and oxygen atoms in total. The maximum absolute atomic E-state index is 13.0. The number of ether oxygens (including phenoxy) is 1. The van der Waals surface area contributed by atoms with E-state index in [-0.39, 0.29) is 49.6 Å². The molecule has 1 heterocycles. The maximum atomic E-state index is 13.0. The van der Waals surface area contributed by atoms with Crippen LogP contribution in [0.5, 0.6) is 0 Å². The van der Waals surface area contributed by atoms with Gasteiger partial charge in [0, 0.05) is 49.9 Å². The van der Waals surface area contributed by atoms with Crippen LogP contribution < -0.4 is 4.90 Å². The highest BCUT2D eigenvalue weighted by Gasteiger charge is 2.34. The van der Waals surface area contributed by atoms with Crippen molar-refractivity contribution in [2.24, 2.45) is 0 Å². The zero-order valence-corrected chi connectivity index (χ0v) is 18.3. The van der Waals surface area contributed by atoms with Gasteiger partial charge in [-0.2, -0.15) is 13.2 Å². The lowest BCUT2D eigenvalue weighted by Crippen LogP contribution is -2.49. The lowest BCUT2D eigenvalue weighted by Gasteiger charge is -2.36. The van der Waals surface area contributed by atoms with Crippen molar-refractivity contribution in [1.82, 2.24) is 4.90 Å². The molecule has 0 aromatic heterocycles. The molecule has 1 amide bonds. The van der Waals surface area contributed by atoms with Crippen LogP contribution in [-0.2, 0) is 10.9 Å². The first-order chi connectivity index (χ1) is 16.4. The molecule has 35 heavy (non-hydrogen) atoms. The summed E-state index contributed by atoms with van der Waals surface area (Å²) in [4.78, 5) is 48.8. The van der Waals surface area contributed by atoms with Gasteiger partial charge >= 0.3 is 12.1 Å². The molecular weight excluding hydrogens is 477 g/mol. The van der Waals surface area contributed by atoms with E-state index in [0.717, 1.165) is 24.3 Å². The number of alkyl halides is 3. The fourth-order valence-corrected chi connectivity index (χ4v) is 3.62. The van der Waals surface area contributed by atoms with E-state index in [9.17, 15) is 43.0 Å². The van der Waals surface area contributed by atoms with Crippen LogP contribution in [0.3, 0.4) is 0 Å². The minimum absolute atomic E-state index is 0.0185. The van der Waals surface area contributed by atoms with Crippen LogP contribution in [0.1, 0.15) is 33.2 Å². The quantitative estimate of drug-likeness (QED) is 0.336. The number of anilines is 1. The number of non-ortho nitro benzene ring substituents is 1. The normalized spacial score (nSPS) is 13.9. The number of esters is 1. The third-order valence-corrected chi connectivity index (χ3v) is 5.29. The summed E-state index contributed by atoms with van der Waals surface area (Å²) in [6, 6.07) is 5.44. The van der Waals surface area contributed by atoms with Crippen LogP contribution in [0.4, 0.5) is 30.2 Å². The van der Waals surface area contributed by atoms with Crippen molar-refractivity contribution in [3.8, 4) is 0 Å². The van der Waals surface area contributed by atoms with Crippen molar-refractivity contribution in [3.05, 3.63) is 73.3 Å². The molecule has 0 saturated carbocycles. The van der Waals surface area contributed by atoms with E-state index >= 15 is 0 Å². The zero-order valence-electron chi connectivity index (χ0n) is 18.3. The number of piperazine rings is 1. The summed E-state index contributed by atoms with van der Waals surface area (Å²) in [5.41, 5.74) is -2.63. The largest absolute Gasteiger partial charge is 0.462 e. The van der Waals surface area contributed by atoms with Gasteiger partial charge in [-0.1, -0.05) is 0 Å². The molecule has 0 N–H and O–H groups in total. The second-order valence-corrected chi connectivity index (χ2v) is 7.48. The predicted octanol–water partition coefficient (Wildman–Crippen LogP) is 3.66. The van der Waals surface area contributed by atoms with Crippen LogP contribution >= 0.6 is 0 Å². The van der Waals surface area contributed by atoms with Crippen LogP contribution in [0.15, 0.2) is 36.4 Å². The molecule has 0 spiro atoms. The van der Waals surface area contributed by atoms with E-state index in [0.29, 0.717) is 6.07 Å². The highest BCUT2D eigenvalue weighted by atomic mass is 19.4. The number of hydrogen-bond donors (Lipinski definition) is 0. The molecule has 186 valence electrons. The van der Waals surface area contributed by atoms with E-state index in [2.05, 4.69) is 0 Å². The SMILES string of the molecule is CCOC(=O)c1cc(C(=O)N2CCN(c3ccc(C(F)(F)F)cc3[N+](=O)[O-])CC2)cc([N+](=O)[O-])c1. The number of hydrogen-bond acceptors (Lipinski definition) is 8. The smallest absolute Gasteiger partial charge is 0.416 e. The first-order valence-electron chi connectivity index (χ1n) is 10.3. The molecule has 1 aliphatic heterocycles. The Kier molecular flexibility index (Phi) is 7.22. The molecule has 0 atom stereocenters. The van der Waals surface area contributed by atoms with Gasteiger partial charge in [-0.15, -0.1) is 0 Å². The number of benzene rings is 2. The fraction of sp³-hybridized carbons (Fsp3) is 0.333. The fourth-order valence-electron chi connectivity index (χ4n) is 3.62. The van der Waals surface area contributed by atoms with Crippen molar-refractivity contribution < 1.29 is 37.3 Å². The van der Waals surface area contributed by atoms with Crippen LogP contribution in [0.2, 0.25) is 0 Å². The lowest BCUT2D eigenvalue weighted by atomic mass is 10.1. The summed E-state index contributed by atoms with van der Waals surface area (Å²) in [6.07, 6.45) is -4.74. The Labute approximate surface area is 196 Å². The van der Waals surface area contributed by atoms with Crippen LogP contribution in [0, 0.1) is 20.2 Å². The molecule has 0 bridgehead atoms. The van der Waals surface area contributed by atoms with E-state index in [4.69, 9.17) is 4.74 Å². The number of carbonyl (C=O) groups is 2. The average molecular weight is 496 g/mol. The molecule has 1 saturated heterocycles. The van der Waals surface area contributed by atoms with Crippen LogP contribution in [0.25, 0.3) is 0 Å². The second-order valence-electron chi connectivity index (χ2n) is 7.48. The third kappa shape index (κ3) is 5.65. The van der Waals surface area contributed by atoms with Crippen molar-refractivity contribution in [2.45, 2.75) is 13.1 Å². The first-order valence-corrected chi connectivity index (χ1v) is 10.3. The standard InChI is InChI=1S/C21H19F3N4O7/c1-2-35-20(30)14-9-13(10-16(11-14)27(31)32)19(29)26-7-5-25(6-8-26)17-4-3-15(21(22,23)24)12-18(17)28(33)34/h3-4,9-12H,2,5-8H2,1H3. The molecule has 0 unspecified atom stereocenters. The number of carbonyl (C=O) groups excluding carboxylic acids is 2. The zero-order chi connectivity index (χ0) is 25.9. The number of rotatable bonds is 6. The molecule has 3 rings (SSSR count). The molecule has 0 radical (unpaired) electrons. The Hall–Kier alpha value is -4.23. The van der Waals surface area contributed by atoms with Gasteiger partial charge in [0.2, 0.25) is 0 Å². The van der Waals surface area contributed by atoms with E-state index < -0.39 is 44.8 Å². The van der Waals surface area contributed by atoms with Gasteiger partial charge in [0.25, 0.3) is 17.3 Å². The van der Waals surface area contributed by atoms with Crippen LogP contribution in [-0.4, -0.2) is 59.4 Å². The Bertz CT molecular complexity index is 1180. The van der Waals surface area contributed by atoms with Gasteiger partial charge in [-0.05, 0) is 25.1 Å². The van der Waals surface area contributed by atoms with Gasteiger partial charge in [0.05, 0.1) is 27.6 Å². The Morgan fingerprint density at radius 2 is 1.60 bits per heavy atom. The van der Waals surface area contributed by atoms with Gasteiger partial charge in [-0.25, -0.2) is 4.79 Å².